The number of nitrogens with one attached hydrogen (secondary N) is 1. The fourth-order valence-corrected chi connectivity index (χ4v) is 2.12. The van der Waals surface area contributed by atoms with Crippen LogP contribution in [-0.4, -0.2) is 31.1 Å². The van der Waals surface area contributed by atoms with Crippen LogP contribution in [0.1, 0.15) is 10.5 Å². The van der Waals surface area contributed by atoms with Gasteiger partial charge in [-0.15, -0.1) is 5.10 Å². The summed E-state index contributed by atoms with van der Waals surface area (Å²) in [7, 11) is 0. The summed E-state index contributed by atoms with van der Waals surface area (Å²) in [6.45, 7) is 0. The van der Waals surface area contributed by atoms with Crippen molar-refractivity contribution in [3.05, 3.63) is 54.4 Å². The van der Waals surface area contributed by atoms with Gasteiger partial charge in [0.25, 0.3) is 0 Å². The maximum absolute atomic E-state index is 12.2. The molecule has 0 bridgehead atoms. The number of pyridine rings is 1. The van der Waals surface area contributed by atoms with Crippen molar-refractivity contribution in [2.45, 2.75) is 0 Å². The maximum Gasteiger partial charge on any atom is 0.381 e. The monoisotopic (exact) mass is 279 g/mol. The lowest BCUT2D eigenvalue weighted by atomic mass is 10.2. The number of hydrogen-bond donors (Lipinski definition) is 1. The molecule has 0 saturated carbocycles. The molecule has 0 amide bonds. The van der Waals surface area contributed by atoms with Crippen molar-refractivity contribution in [2.24, 2.45) is 0 Å². The molecule has 0 aliphatic carbocycles. The third kappa shape index (κ3) is 1.91. The summed E-state index contributed by atoms with van der Waals surface area (Å²) in [6, 6.07) is 12.8. The van der Waals surface area contributed by atoms with Crippen LogP contribution < -0.4 is 4.84 Å². The lowest BCUT2D eigenvalue weighted by Crippen LogP contribution is -2.21. The molecule has 4 rings (SSSR count). The van der Waals surface area contributed by atoms with E-state index in [2.05, 4.69) is 20.3 Å². The van der Waals surface area contributed by atoms with Crippen molar-refractivity contribution < 1.29 is 9.63 Å². The first-order valence-corrected chi connectivity index (χ1v) is 6.28. The minimum absolute atomic E-state index is 0.351. The van der Waals surface area contributed by atoms with Crippen LogP contribution in [0.2, 0.25) is 0 Å². The van der Waals surface area contributed by atoms with Gasteiger partial charge in [0, 0.05) is 17.1 Å². The van der Waals surface area contributed by atoms with Crippen molar-refractivity contribution in [3.8, 4) is 0 Å². The molecule has 7 heteroatoms. The Morgan fingerprint density at radius 3 is 3.00 bits per heavy atom. The second-order valence-electron chi connectivity index (χ2n) is 4.46. The molecule has 3 heterocycles. The van der Waals surface area contributed by atoms with E-state index in [9.17, 15) is 4.79 Å². The fourth-order valence-electron chi connectivity index (χ4n) is 2.12. The van der Waals surface area contributed by atoms with Crippen LogP contribution in [0.25, 0.3) is 22.1 Å². The molecule has 3 aromatic heterocycles. The number of H-pyrrole nitrogens is 1. The SMILES string of the molecule is O=C(On1nnc2ncccc21)c1cc2ccccc2[nH]1. The third-order valence-electron chi connectivity index (χ3n) is 3.11. The Kier molecular flexibility index (Phi) is 2.43. The summed E-state index contributed by atoms with van der Waals surface area (Å²) in [5.74, 6) is -0.540. The summed E-state index contributed by atoms with van der Waals surface area (Å²) >= 11 is 0. The Balaban J connectivity index is 1.69. The highest BCUT2D eigenvalue weighted by atomic mass is 16.7. The first-order chi connectivity index (χ1) is 10.3. The average molecular weight is 279 g/mol. The maximum atomic E-state index is 12.2. The van der Waals surface area contributed by atoms with E-state index in [1.807, 2.05) is 24.3 Å². The molecule has 0 fully saturated rings. The zero-order valence-corrected chi connectivity index (χ0v) is 10.7. The molecule has 102 valence electrons. The van der Waals surface area contributed by atoms with E-state index in [-0.39, 0.29) is 0 Å². The van der Waals surface area contributed by atoms with Crippen LogP contribution in [0.3, 0.4) is 0 Å². The largest absolute Gasteiger partial charge is 0.381 e. The quantitative estimate of drug-likeness (QED) is 0.563. The summed E-state index contributed by atoms with van der Waals surface area (Å²) in [6.07, 6.45) is 1.60. The van der Waals surface area contributed by atoms with Gasteiger partial charge in [-0.25, -0.2) is 9.78 Å². The Morgan fingerprint density at radius 1 is 1.19 bits per heavy atom. The number of carbonyl (C=O) groups excluding carboxylic acids is 1. The van der Waals surface area contributed by atoms with Crippen molar-refractivity contribution in [2.75, 3.05) is 0 Å². The van der Waals surface area contributed by atoms with Gasteiger partial charge in [-0.1, -0.05) is 23.0 Å². The Hall–Kier alpha value is -3.22. The van der Waals surface area contributed by atoms with E-state index in [1.54, 1.807) is 24.4 Å². The first kappa shape index (κ1) is 11.6. The molecule has 1 aromatic carbocycles. The van der Waals surface area contributed by atoms with Gasteiger partial charge in [0.15, 0.2) is 5.52 Å². The highest BCUT2D eigenvalue weighted by Crippen LogP contribution is 2.15. The summed E-state index contributed by atoms with van der Waals surface area (Å²) in [5, 5.41) is 8.52. The van der Waals surface area contributed by atoms with Gasteiger partial charge in [-0.3, -0.25) is 0 Å². The predicted octanol–water partition coefficient (Wildman–Crippen LogP) is 1.58. The number of hydrogen-bond acceptors (Lipinski definition) is 5. The number of para-hydroxylation sites is 1. The molecule has 0 atom stereocenters. The minimum Gasteiger partial charge on any atom is -0.349 e. The molecule has 0 aliphatic heterocycles. The summed E-state index contributed by atoms with van der Waals surface area (Å²) < 4.78 is 0. The number of aromatic nitrogens is 5. The molecule has 0 spiro atoms. The van der Waals surface area contributed by atoms with Gasteiger partial charge in [-0.2, -0.15) is 0 Å². The molecule has 0 unspecified atom stereocenters. The van der Waals surface area contributed by atoms with E-state index >= 15 is 0 Å². The van der Waals surface area contributed by atoms with E-state index in [1.165, 1.54) is 0 Å². The Morgan fingerprint density at radius 2 is 2.10 bits per heavy atom. The van der Waals surface area contributed by atoms with Crippen LogP contribution in [0, 0.1) is 0 Å². The van der Waals surface area contributed by atoms with Gasteiger partial charge in [-0.05, 0) is 29.5 Å². The molecule has 7 nitrogen and oxygen atoms in total. The van der Waals surface area contributed by atoms with Crippen LogP contribution in [0.15, 0.2) is 48.7 Å². The van der Waals surface area contributed by atoms with Crippen LogP contribution >= 0.6 is 0 Å². The second-order valence-corrected chi connectivity index (χ2v) is 4.46. The van der Waals surface area contributed by atoms with Gasteiger partial charge in [0.1, 0.15) is 5.69 Å². The number of rotatable bonds is 2. The number of carbonyl (C=O) groups is 1. The smallest absolute Gasteiger partial charge is 0.349 e. The van der Waals surface area contributed by atoms with Crippen LogP contribution in [-0.2, 0) is 0 Å². The number of aromatic amines is 1. The molecule has 0 aliphatic rings. The number of nitrogens with zero attached hydrogens (tertiary/aromatic N) is 4. The third-order valence-corrected chi connectivity index (χ3v) is 3.11. The first-order valence-electron chi connectivity index (χ1n) is 6.28. The lowest BCUT2D eigenvalue weighted by molar-refractivity contribution is 0.0403. The standard InChI is InChI=1S/C14H9N5O2/c20-14(11-8-9-4-1-2-5-10(9)16-11)21-19-12-6-3-7-15-13(12)17-18-19/h1-8,16H. The topological polar surface area (TPSA) is 85.7 Å². The van der Waals surface area contributed by atoms with Crippen LogP contribution in [0.4, 0.5) is 0 Å². The molecular formula is C14H9N5O2. The van der Waals surface area contributed by atoms with Crippen LogP contribution in [0.5, 0.6) is 0 Å². The van der Waals surface area contributed by atoms with E-state index < -0.39 is 5.97 Å². The van der Waals surface area contributed by atoms with Gasteiger partial charge in [0.2, 0.25) is 5.65 Å². The molecule has 21 heavy (non-hydrogen) atoms. The van der Waals surface area contributed by atoms with Crippen molar-refractivity contribution in [3.63, 3.8) is 0 Å². The zero-order valence-electron chi connectivity index (χ0n) is 10.7. The highest BCUT2D eigenvalue weighted by molar-refractivity contribution is 5.95. The molecule has 1 N–H and O–H groups in total. The highest BCUT2D eigenvalue weighted by Gasteiger charge is 2.15. The second kappa shape index (κ2) is 4.41. The van der Waals surface area contributed by atoms with Crippen molar-refractivity contribution >= 4 is 28.0 Å². The van der Waals surface area contributed by atoms with Crippen molar-refractivity contribution in [1.82, 2.24) is 25.1 Å². The number of benzene rings is 1. The summed E-state index contributed by atoms with van der Waals surface area (Å²) in [5.41, 5.74) is 2.17. The molecular weight excluding hydrogens is 270 g/mol. The van der Waals surface area contributed by atoms with Crippen molar-refractivity contribution in [1.29, 1.82) is 0 Å². The van der Waals surface area contributed by atoms with E-state index in [4.69, 9.17) is 4.84 Å². The Labute approximate surface area is 118 Å². The lowest BCUT2D eigenvalue weighted by Gasteiger charge is -2.00. The Bertz CT molecular complexity index is 923. The number of fused-ring (bicyclic) bond motifs is 2. The van der Waals surface area contributed by atoms with Gasteiger partial charge >= 0.3 is 5.97 Å². The normalized spacial score (nSPS) is 11.0. The van der Waals surface area contributed by atoms with E-state index in [0.29, 0.717) is 16.9 Å². The minimum atomic E-state index is -0.540. The zero-order chi connectivity index (χ0) is 14.2. The summed E-state index contributed by atoms with van der Waals surface area (Å²) in [4.78, 5) is 25.5. The van der Waals surface area contributed by atoms with Gasteiger partial charge < -0.3 is 9.82 Å². The van der Waals surface area contributed by atoms with E-state index in [0.717, 1.165) is 15.7 Å². The molecule has 0 saturated heterocycles. The predicted molar refractivity (Wildman–Crippen MR) is 74.5 cm³/mol. The average Bonchev–Trinajstić information content (AvgIpc) is 3.11. The molecule has 4 aromatic rings. The van der Waals surface area contributed by atoms with Gasteiger partial charge in [0.05, 0.1) is 0 Å². The molecule has 0 radical (unpaired) electrons. The fraction of sp³-hybridized carbons (Fsp3) is 0.